The van der Waals surface area contributed by atoms with Gasteiger partial charge in [-0.05, 0) is 23.8 Å². The minimum Gasteiger partial charge on any atom is -0.344 e. The number of amides is 1. The lowest BCUT2D eigenvalue weighted by Gasteiger charge is -2.30. The Hall–Kier alpha value is -1.35. The van der Waals surface area contributed by atoms with Crippen molar-refractivity contribution in [2.24, 2.45) is 11.1 Å². The monoisotopic (exact) mass is 262 g/mol. The number of carbonyl (C=O) groups is 1. The molecular formula is C16H26N2O. The molecule has 0 aromatic heterocycles. The second-order valence-electron chi connectivity index (χ2n) is 6.19. The van der Waals surface area contributed by atoms with E-state index >= 15 is 0 Å². The molecule has 0 saturated heterocycles. The zero-order chi connectivity index (χ0) is 14.5. The molecule has 19 heavy (non-hydrogen) atoms. The van der Waals surface area contributed by atoms with E-state index in [4.69, 9.17) is 5.73 Å². The van der Waals surface area contributed by atoms with Crippen LogP contribution in [-0.2, 0) is 11.2 Å². The van der Waals surface area contributed by atoms with E-state index < -0.39 is 6.04 Å². The molecule has 0 heterocycles. The summed E-state index contributed by atoms with van der Waals surface area (Å²) in [7, 11) is 1.83. The molecule has 0 aliphatic rings. The number of aryl methyl sites for hydroxylation is 1. The number of benzene rings is 1. The quantitative estimate of drug-likeness (QED) is 0.886. The molecule has 1 amide bonds. The van der Waals surface area contributed by atoms with Crippen LogP contribution in [0.5, 0.6) is 0 Å². The van der Waals surface area contributed by atoms with Crippen molar-refractivity contribution in [2.75, 3.05) is 13.6 Å². The van der Waals surface area contributed by atoms with Crippen LogP contribution in [0.4, 0.5) is 0 Å². The SMILES string of the molecule is CN(CCCc1ccccc1)C(=O)[C@@H](N)C(C)(C)C. The summed E-state index contributed by atoms with van der Waals surface area (Å²) in [6.45, 7) is 6.73. The highest BCUT2D eigenvalue weighted by atomic mass is 16.2. The van der Waals surface area contributed by atoms with Crippen LogP contribution >= 0.6 is 0 Å². The third-order valence-corrected chi connectivity index (χ3v) is 3.38. The van der Waals surface area contributed by atoms with E-state index in [9.17, 15) is 4.79 Å². The molecule has 0 saturated carbocycles. The van der Waals surface area contributed by atoms with Crippen molar-refractivity contribution < 1.29 is 4.79 Å². The van der Waals surface area contributed by atoms with Crippen LogP contribution in [0, 0.1) is 5.41 Å². The van der Waals surface area contributed by atoms with Crippen molar-refractivity contribution in [1.29, 1.82) is 0 Å². The molecule has 0 spiro atoms. The van der Waals surface area contributed by atoms with E-state index in [2.05, 4.69) is 12.1 Å². The van der Waals surface area contributed by atoms with Gasteiger partial charge in [0.2, 0.25) is 5.91 Å². The van der Waals surface area contributed by atoms with E-state index in [0.29, 0.717) is 0 Å². The Labute approximate surface area is 116 Å². The molecule has 0 radical (unpaired) electrons. The van der Waals surface area contributed by atoms with Crippen LogP contribution < -0.4 is 5.73 Å². The second kappa shape index (κ2) is 6.71. The molecule has 0 bridgehead atoms. The first-order valence-corrected chi connectivity index (χ1v) is 6.87. The summed E-state index contributed by atoms with van der Waals surface area (Å²) in [5, 5.41) is 0. The number of hydrogen-bond acceptors (Lipinski definition) is 2. The summed E-state index contributed by atoms with van der Waals surface area (Å²) >= 11 is 0. The lowest BCUT2D eigenvalue weighted by Crippen LogP contribution is -2.49. The normalized spacial score (nSPS) is 13.1. The molecule has 2 N–H and O–H groups in total. The highest BCUT2D eigenvalue weighted by Gasteiger charge is 2.29. The highest BCUT2D eigenvalue weighted by molar-refractivity contribution is 5.82. The number of rotatable bonds is 5. The Kier molecular flexibility index (Phi) is 5.55. The first kappa shape index (κ1) is 15.7. The van der Waals surface area contributed by atoms with E-state index in [-0.39, 0.29) is 11.3 Å². The van der Waals surface area contributed by atoms with Gasteiger partial charge in [-0.15, -0.1) is 0 Å². The molecule has 3 heteroatoms. The Balaban J connectivity index is 2.39. The molecule has 1 atom stereocenters. The Morgan fingerprint density at radius 1 is 1.26 bits per heavy atom. The van der Waals surface area contributed by atoms with Crippen LogP contribution in [0.3, 0.4) is 0 Å². The maximum Gasteiger partial charge on any atom is 0.239 e. The van der Waals surface area contributed by atoms with Gasteiger partial charge in [-0.25, -0.2) is 0 Å². The number of likely N-dealkylation sites (N-methyl/N-ethyl adjacent to an activating group) is 1. The molecule has 106 valence electrons. The summed E-state index contributed by atoms with van der Waals surface area (Å²) in [4.78, 5) is 13.9. The lowest BCUT2D eigenvalue weighted by molar-refractivity contribution is -0.133. The Morgan fingerprint density at radius 3 is 2.37 bits per heavy atom. The summed E-state index contributed by atoms with van der Waals surface area (Å²) < 4.78 is 0. The van der Waals surface area contributed by atoms with Gasteiger partial charge in [0.25, 0.3) is 0 Å². The Bertz CT molecular complexity index is 395. The summed E-state index contributed by atoms with van der Waals surface area (Å²) in [5.41, 5.74) is 7.11. The standard InChI is InChI=1S/C16H26N2O/c1-16(2,3)14(17)15(19)18(4)12-8-11-13-9-6-5-7-10-13/h5-7,9-10,14H,8,11-12,17H2,1-4H3/t14-/m1/s1. The minimum absolute atomic E-state index is 0.0283. The molecule has 1 rings (SSSR count). The van der Waals surface area contributed by atoms with Crippen molar-refractivity contribution in [3.05, 3.63) is 35.9 Å². The van der Waals surface area contributed by atoms with Crippen molar-refractivity contribution in [3.8, 4) is 0 Å². The van der Waals surface area contributed by atoms with Crippen molar-refractivity contribution in [1.82, 2.24) is 4.90 Å². The average molecular weight is 262 g/mol. The molecule has 0 fully saturated rings. The zero-order valence-corrected chi connectivity index (χ0v) is 12.5. The molecule has 0 aliphatic heterocycles. The van der Waals surface area contributed by atoms with E-state index in [1.165, 1.54) is 5.56 Å². The molecule has 1 aromatic rings. The van der Waals surface area contributed by atoms with E-state index in [1.807, 2.05) is 46.0 Å². The van der Waals surface area contributed by atoms with E-state index in [0.717, 1.165) is 19.4 Å². The summed E-state index contributed by atoms with van der Waals surface area (Å²) in [5.74, 6) is 0.0283. The van der Waals surface area contributed by atoms with Crippen LogP contribution in [0.2, 0.25) is 0 Å². The number of carbonyl (C=O) groups excluding carboxylic acids is 1. The number of hydrogen-bond donors (Lipinski definition) is 1. The average Bonchev–Trinajstić information content (AvgIpc) is 2.37. The van der Waals surface area contributed by atoms with Gasteiger partial charge in [-0.3, -0.25) is 4.79 Å². The van der Waals surface area contributed by atoms with Gasteiger partial charge in [0.1, 0.15) is 0 Å². The number of nitrogens with two attached hydrogens (primary N) is 1. The molecule has 1 aromatic carbocycles. The predicted octanol–water partition coefficient (Wildman–Crippen LogP) is 2.45. The van der Waals surface area contributed by atoms with Gasteiger partial charge in [0, 0.05) is 13.6 Å². The van der Waals surface area contributed by atoms with Crippen LogP contribution in [0.1, 0.15) is 32.8 Å². The van der Waals surface area contributed by atoms with Crippen LogP contribution in [-0.4, -0.2) is 30.4 Å². The Morgan fingerprint density at radius 2 is 1.84 bits per heavy atom. The molecule has 0 aliphatic carbocycles. The largest absolute Gasteiger partial charge is 0.344 e. The summed E-state index contributed by atoms with van der Waals surface area (Å²) in [6, 6.07) is 9.89. The molecule has 3 nitrogen and oxygen atoms in total. The van der Waals surface area contributed by atoms with Gasteiger partial charge in [-0.2, -0.15) is 0 Å². The molecular weight excluding hydrogens is 236 g/mol. The van der Waals surface area contributed by atoms with Gasteiger partial charge in [0.05, 0.1) is 6.04 Å². The van der Waals surface area contributed by atoms with Crippen molar-refractivity contribution in [2.45, 2.75) is 39.7 Å². The number of nitrogens with zero attached hydrogens (tertiary/aromatic N) is 1. The van der Waals surface area contributed by atoms with Crippen LogP contribution in [0.15, 0.2) is 30.3 Å². The fourth-order valence-corrected chi connectivity index (χ4v) is 1.88. The van der Waals surface area contributed by atoms with E-state index in [1.54, 1.807) is 4.90 Å². The third kappa shape index (κ3) is 5.03. The lowest BCUT2D eigenvalue weighted by atomic mass is 9.86. The van der Waals surface area contributed by atoms with Gasteiger partial charge in [-0.1, -0.05) is 51.1 Å². The van der Waals surface area contributed by atoms with Gasteiger partial charge >= 0.3 is 0 Å². The smallest absolute Gasteiger partial charge is 0.239 e. The highest BCUT2D eigenvalue weighted by Crippen LogP contribution is 2.18. The van der Waals surface area contributed by atoms with Crippen molar-refractivity contribution in [3.63, 3.8) is 0 Å². The third-order valence-electron chi connectivity index (χ3n) is 3.38. The first-order valence-electron chi connectivity index (χ1n) is 6.87. The minimum atomic E-state index is -0.436. The van der Waals surface area contributed by atoms with Crippen LogP contribution in [0.25, 0.3) is 0 Å². The zero-order valence-electron chi connectivity index (χ0n) is 12.5. The first-order chi connectivity index (χ1) is 8.82. The molecule has 0 unspecified atom stereocenters. The van der Waals surface area contributed by atoms with Gasteiger partial charge in [0.15, 0.2) is 0 Å². The maximum atomic E-state index is 12.1. The second-order valence-corrected chi connectivity index (χ2v) is 6.19. The van der Waals surface area contributed by atoms with Gasteiger partial charge < -0.3 is 10.6 Å². The predicted molar refractivity (Wildman–Crippen MR) is 79.8 cm³/mol. The summed E-state index contributed by atoms with van der Waals surface area (Å²) in [6.07, 6.45) is 1.95. The fourth-order valence-electron chi connectivity index (χ4n) is 1.88. The maximum absolute atomic E-state index is 12.1. The van der Waals surface area contributed by atoms with Crippen molar-refractivity contribution >= 4 is 5.91 Å². The fraction of sp³-hybridized carbons (Fsp3) is 0.562. The topological polar surface area (TPSA) is 46.3 Å².